The number of carboxylic acid groups (broad SMARTS) is 1. The minimum atomic E-state index is -0.738. The van der Waals surface area contributed by atoms with Crippen LogP contribution in [0.5, 0.6) is 0 Å². The third-order valence-electron chi connectivity index (χ3n) is 2.94. The summed E-state index contributed by atoms with van der Waals surface area (Å²) in [6.45, 7) is 2.70. The first-order valence-electron chi connectivity index (χ1n) is 6.71. The van der Waals surface area contributed by atoms with Gasteiger partial charge in [0, 0.05) is 13.0 Å². The highest BCUT2D eigenvalue weighted by Gasteiger charge is 2.10. The molecule has 106 valence electrons. The first-order valence-corrected chi connectivity index (χ1v) is 7.59. The van der Waals surface area contributed by atoms with Crippen LogP contribution in [-0.2, 0) is 11.2 Å². The molecule has 0 aliphatic carbocycles. The Morgan fingerprint density at radius 3 is 2.68 bits per heavy atom. The monoisotopic (exact) mass is 283 g/mol. The van der Waals surface area contributed by atoms with Gasteiger partial charge in [-0.1, -0.05) is 19.8 Å². The second-order valence-electron chi connectivity index (χ2n) is 4.44. The molecule has 1 heterocycles. The molecule has 0 saturated carbocycles. The van der Waals surface area contributed by atoms with Crippen molar-refractivity contribution < 1.29 is 14.7 Å². The van der Waals surface area contributed by atoms with Crippen molar-refractivity contribution in [3.05, 3.63) is 21.9 Å². The van der Waals surface area contributed by atoms with Crippen LogP contribution in [0.3, 0.4) is 0 Å². The molecule has 1 aromatic rings. The minimum absolute atomic E-state index is 0.0115. The molecule has 0 bridgehead atoms. The second-order valence-corrected chi connectivity index (χ2v) is 5.36. The maximum atomic E-state index is 11.9. The predicted molar refractivity (Wildman–Crippen MR) is 76.8 cm³/mol. The number of aliphatic carboxylic acids is 1. The van der Waals surface area contributed by atoms with Gasteiger partial charge in [-0.25, -0.2) is 0 Å². The molecule has 1 amide bonds. The minimum Gasteiger partial charge on any atom is -0.481 e. The molecule has 19 heavy (non-hydrogen) atoms. The third-order valence-corrected chi connectivity index (χ3v) is 3.89. The van der Waals surface area contributed by atoms with Crippen LogP contribution in [0.2, 0.25) is 0 Å². The molecule has 0 saturated heterocycles. The van der Waals surface area contributed by atoms with E-state index in [4.69, 9.17) is 5.11 Å². The molecule has 2 N–H and O–H groups in total. The van der Waals surface area contributed by atoms with E-state index < -0.39 is 5.97 Å². The van der Waals surface area contributed by atoms with Gasteiger partial charge in [-0.3, -0.25) is 9.59 Å². The van der Waals surface area contributed by atoms with E-state index in [-0.39, 0.29) is 12.3 Å². The van der Waals surface area contributed by atoms with Crippen molar-refractivity contribution in [3.63, 3.8) is 0 Å². The molecule has 0 aliphatic rings. The number of hydrogen-bond acceptors (Lipinski definition) is 3. The summed E-state index contributed by atoms with van der Waals surface area (Å²) in [5, 5.41) is 13.3. The predicted octanol–water partition coefficient (Wildman–Crippen LogP) is 3.08. The number of unbranched alkanes of at least 4 members (excludes halogenated alkanes) is 3. The quantitative estimate of drug-likeness (QED) is 0.684. The van der Waals surface area contributed by atoms with E-state index in [0.717, 1.165) is 36.1 Å². The Morgan fingerprint density at radius 1 is 1.26 bits per heavy atom. The number of hydrogen-bond donors (Lipinski definition) is 2. The fraction of sp³-hybridized carbons (Fsp3) is 0.571. The number of aryl methyl sites for hydroxylation is 1. The van der Waals surface area contributed by atoms with E-state index >= 15 is 0 Å². The summed E-state index contributed by atoms with van der Waals surface area (Å²) in [6, 6.07) is 1.99. The van der Waals surface area contributed by atoms with Gasteiger partial charge in [0.2, 0.25) is 0 Å². The molecular formula is C14H21NO3S. The van der Waals surface area contributed by atoms with E-state index in [0.29, 0.717) is 13.0 Å². The first-order chi connectivity index (χ1) is 9.15. The Balaban J connectivity index is 2.13. The van der Waals surface area contributed by atoms with Gasteiger partial charge in [0.1, 0.15) is 0 Å². The summed E-state index contributed by atoms with van der Waals surface area (Å²) in [5.41, 5.74) is 1.10. The molecule has 0 radical (unpaired) electrons. The van der Waals surface area contributed by atoms with Crippen LogP contribution in [-0.4, -0.2) is 23.5 Å². The summed E-state index contributed by atoms with van der Waals surface area (Å²) in [5.74, 6) is -0.726. The highest BCUT2D eigenvalue weighted by Crippen LogP contribution is 2.17. The van der Waals surface area contributed by atoms with Crippen molar-refractivity contribution in [3.8, 4) is 0 Å². The van der Waals surface area contributed by atoms with Gasteiger partial charge in [-0.15, -0.1) is 11.3 Å². The summed E-state index contributed by atoms with van der Waals surface area (Å²) in [7, 11) is 0. The first kappa shape index (κ1) is 15.7. The molecule has 1 rings (SSSR count). The van der Waals surface area contributed by atoms with E-state index in [1.54, 1.807) is 0 Å². The Labute approximate surface area is 117 Å². The zero-order chi connectivity index (χ0) is 14.1. The van der Waals surface area contributed by atoms with Crippen molar-refractivity contribution >= 4 is 23.2 Å². The largest absolute Gasteiger partial charge is 0.481 e. The summed E-state index contributed by atoms with van der Waals surface area (Å²) >= 11 is 1.48. The van der Waals surface area contributed by atoms with E-state index in [1.165, 1.54) is 11.3 Å². The van der Waals surface area contributed by atoms with Crippen LogP contribution in [0.1, 0.15) is 54.3 Å². The highest BCUT2D eigenvalue weighted by molar-refractivity contribution is 7.12. The molecule has 4 nitrogen and oxygen atoms in total. The number of carbonyl (C=O) groups is 2. The van der Waals surface area contributed by atoms with Gasteiger partial charge in [-0.05, 0) is 36.3 Å². The lowest BCUT2D eigenvalue weighted by atomic mass is 10.1. The number of carbonyl (C=O) groups excluding carboxylic acids is 1. The van der Waals surface area contributed by atoms with Gasteiger partial charge in [0.15, 0.2) is 0 Å². The second kappa shape index (κ2) is 8.69. The van der Waals surface area contributed by atoms with E-state index in [9.17, 15) is 9.59 Å². The number of rotatable bonds is 9. The van der Waals surface area contributed by atoms with Gasteiger partial charge in [0.25, 0.3) is 5.91 Å². The third kappa shape index (κ3) is 5.87. The summed E-state index contributed by atoms with van der Waals surface area (Å²) in [6.07, 6.45) is 4.59. The molecule has 0 fully saturated rings. The smallest absolute Gasteiger partial charge is 0.303 e. The number of amides is 1. The molecule has 1 aromatic heterocycles. The number of thiophene rings is 1. The lowest BCUT2D eigenvalue weighted by molar-refractivity contribution is -0.137. The van der Waals surface area contributed by atoms with Crippen molar-refractivity contribution in [2.75, 3.05) is 6.54 Å². The van der Waals surface area contributed by atoms with Crippen LogP contribution in [0.25, 0.3) is 0 Å². The zero-order valence-corrected chi connectivity index (χ0v) is 12.1. The SMILES string of the molecule is CCc1ccsc1C(=O)NCCCCCCC(=O)O. The molecular weight excluding hydrogens is 262 g/mol. The Bertz CT molecular complexity index is 415. The number of carboxylic acids is 1. The average Bonchev–Trinajstić information content (AvgIpc) is 2.85. The van der Waals surface area contributed by atoms with Crippen LogP contribution in [0.4, 0.5) is 0 Å². The number of nitrogens with one attached hydrogen (secondary N) is 1. The van der Waals surface area contributed by atoms with E-state index in [2.05, 4.69) is 5.32 Å². The van der Waals surface area contributed by atoms with Gasteiger partial charge < -0.3 is 10.4 Å². The fourth-order valence-electron chi connectivity index (χ4n) is 1.85. The van der Waals surface area contributed by atoms with Crippen LogP contribution in [0.15, 0.2) is 11.4 Å². The maximum Gasteiger partial charge on any atom is 0.303 e. The molecule has 0 unspecified atom stereocenters. The lowest BCUT2D eigenvalue weighted by Gasteiger charge is -2.05. The molecule has 5 heteroatoms. The maximum absolute atomic E-state index is 11.9. The normalized spacial score (nSPS) is 10.4. The van der Waals surface area contributed by atoms with E-state index in [1.807, 2.05) is 18.4 Å². The van der Waals surface area contributed by atoms with Crippen molar-refractivity contribution in [1.82, 2.24) is 5.32 Å². The fourth-order valence-corrected chi connectivity index (χ4v) is 2.76. The molecule has 0 aromatic carbocycles. The summed E-state index contributed by atoms with van der Waals surface area (Å²) < 4.78 is 0. The standard InChI is InChI=1S/C14H21NO3S/c1-2-11-8-10-19-13(11)14(18)15-9-6-4-3-5-7-12(16)17/h8,10H,2-7,9H2,1H3,(H,15,18)(H,16,17). The van der Waals surface area contributed by atoms with Gasteiger partial charge in [-0.2, -0.15) is 0 Å². The highest BCUT2D eigenvalue weighted by atomic mass is 32.1. The lowest BCUT2D eigenvalue weighted by Crippen LogP contribution is -2.24. The topological polar surface area (TPSA) is 66.4 Å². The van der Waals surface area contributed by atoms with Crippen molar-refractivity contribution in [2.45, 2.75) is 45.4 Å². The van der Waals surface area contributed by atoms with Gasteiger partial charge in [0.05, 0.1) is 4.88 Å². The summed E-state index contributed by atoms with van der Waals surface area (Å²) in [4.78, 5) is 23.0. The zero-order valence-electron chi connectivity index (χ0n) is 11.3. The van der Waals surface area contributed by atoms with Crippen molar-refractivity contribution in [1.29, 1.82) is 0 Å². The molecule has 0 spiro atoms. The Morgan fingerprint density at radius 2 is 2.00 bits per heavy atom. The van der Waals surface area contributed by atoms with Crippen LogP contribution >= 0.6 is 11.3 Å². The Kier molecular flexibility index (Phi) is 7.18. The molecule has 0 aliphatic heterocycles. The Hall–Kier alpha value is -1.36. The average molecular weight is 283 g/mol. The molecule has 0 atom stereocenters. The van der Waals surface area contributed by atoms with Gasteiger partial charge >= 0.3 is 5.97 Å². The van der Waals surface area contributed by atoms with Crippen LogP contribution in [0, 0.1) is 0 Å². The van der Waals surface area contributed by atoms with Crippen molar-refractivity contribution in [2.24, 2.45) is 0 Å². The van der Waals surface area contributed by atoms with Crippen LogP contribution < -0.4 is 5.32 Å².